The minimum absolute atomic E-state index is 0.149. The second-order valence-corrected chi connectivity index (χ2v) is 20.5. The van der Waals surface area contributed by atoms with Gasteiger partial charge in [-0.1, -0.05) is 32.0 Å². The molecule has 71 heavy (non-hydrogen) atoms. The van der Waals surface area contributed by atoms with Gasteiger partial charge in [0.25, 0.3) is 0 Å². The fourth-order valence-electron chi connectivity index (χ4n) is 8.56. The first-order chi connectivity index (χ1) is 34.0. The number of carboxylic acids is 1. The van der Waals surface area contributed by atoms with Crippen molar-refractivity contribution in [2.45, 2.75) is 71.9 Å². The van der Waals surface area contributed by atoms with Crippen molar-refractivity contribution in [1.29, 1.82) is 0 Å². The minimum atomic E-state index is -1.43. The molecule has 2 amide bonds. The van der Waals surface area contributed by atoms with Crippen molar-refractivity contribution in [3.05, 3.63) is 114 Å². The number of aryl methyl sites for hydroxylation is 4. The van der Waals surface area contributed by atoms with Gasteiger partial charge in [0.15, 0.2) is 0 Å². The zero-order valence-corrected chi connectivity index (χ0v) is 42.1. The minimum Gasteiger partial charge on any atom is -0.475 e. The summed E-state index contributed by atoms with van der Waals surface area (Å²) in [5, 5.41) is 16.6. The number of anilines is 3. The molecule has 18 nitrogen and oxygen atoms in total. The second kappa shape index (κ2) is 21.7. The molecule has 6 aromatic heterocycles. The largest absolute Gasteiger partial charge is 0.475 e. The van der Waals surface area contributed by atoms with E-state index in [1.807, 2.05) is 60.1 Å². The van der Waals surface area contributed by atoms with Gasteiger partial charge < -0.3 is 41.2 Å². The van der Waals surface area contributed by atoms with Gasteiger partial charge in [0.1, 0.15) is 33.0 Å². The summed E-state index contributed by atoms with van der Waals surface area (Å²) in [6.07, 6.45) is 14.5. The van der Waals surface area contributed by atoms with Gasteiger partial charge in [-0.3, -0.25) is 14.4 Å². The number of nitrogen functional groups attached to an aromatic ring is 2. The number of amides is 2. The van der Waals surface area contributed by atoms with Crippen molar-refractivity contribution in [3.63, 3.8) is 0 Å². The highest BCUT2D eigenvalue weighted by Gasteiger charge is 2.35. The smallest absolute Gasteiger partial charge is 0.372 e. The number of imidazole rings is 2. The molecule has 8 aromatic rings. The van der Waals surface area contributed by atoms with Crippen LogP contribution < -0.4 is 22.1 Å². The Labute approximate surface area is 418 Å². The van der Waals surface area contributed by atoms with E-state index in [1.165, 1.54) is 35.5 Å². The summed E-state index contributed by atoms with van der Waals surface area (Å²) in [5.74, 6) is -1.64. The Morgan fingerprint density at radius 1 is 0.746 bits per heavy atom. The first-order valence-electron chi connectivity index (χ1n) is 23.3. The summed E-state index contributed by atoms with van der Waals surface area (Å²) in [6, 6.07) is 16.4. The molecular weight excluding hydrogens is 939 g/mol. The highest BCUT2D eigenvalue weighted by atomic mass is 32.1. The number of Topliss-reactive ketones (excluding diaryl/α,β-unsaturated/α-hetero) is 1. The summed E-state index contributed by atoms with van der Waals surface area (Å²) >= 11 is 3.30. The molecule has 20 heteroatoms. The fraction of sp³-hybridized carbons (Fsp3) is 0.333. The number of nitrogens with one attached hydrogen (secondary N) is 2. The van der Waals surface area contributed by atoms with E-state index in [4.69, 9.17) is 26.5 Å². The number of thiazole rings is 2. The molecule has 368 valence electrons. The number of rotatable bonds is 8. The van der Waals surface area contributed by atoms with E-state index >= 15 is 0 Å². The SMILES string of the molecule is C[C@H]1CC[C@H](c2ccc3sc(-c4cn(C)cn4)nc3c2)NC1.Cc1cc(CC(=O)C(=O)O)cnc1N.Cc1cc(NC(=O)C(=O)N2C[C@@H](C)CC[C@@H]2c2ccc3sc(-c4cn(C)cn4)nc3c2)cnc1N. The van der Waals surface area contributed by atoms with Crippen LogP contribution >= 0.6 is 22.7 Å². The number of pyridine rings is 2. The number of likely N-dealkylation sites (tertiary alicyclic amines) is 1. The molecule has 0 spiro atoms. The molecule has 2 aliphatic rings. The fourth-order valence-corrected chi connectivity index (χ4v) is 10.4. The van der Waals surface area contributed by atoms with Crippen molar-refractivity contribution in [1.82, 2.24) is 49.3 Å². The number of hydrogen-bond donors (Lipinski definition) is 5. The topological polar surface area (TPSA) is 255 Å². The maximum atomic E-state index is 13.3. The normalized spacial score (nSPS) is 17.7. The molecule has 0 unspecified atom stereocenters. The third-order valence-corrected chi connectivity index (χ3v) is 14.7. The number of ketones is 1. The van der Waals surface area contributed by atoms with Gasteiger partial charge in [-0.25, -0.2) is 34.7 Å². The molecule has 0 bridgehead atoms. The van der Waals surface area contributed by atoms with Crippen molar-refractivity contribution in [2.24, 2.45) is 25.9 Å². The molecule has 0 saturated carbocycles. The molecule has 8 heterocycles. The Morgan fingerprint density at radius 3 is 1.87 bits per heavy atom. The van der Waals surface area contributed by atoms with Crippen LogP contribution in [0.1, 0.15) is 79.4 Å². The molecule has 0 radical (unpaired) electrons. The number of hydrogen-bond acceptors (Lipinski definition) is 15. The highest BCUT2D eigenvalue weighted by molar-refractivity contribution is 7.22. The Hall–Kier alpha value is -7.42. The van der Waals surface area contributed by atoms with Crippen LogP contribution in [0, 0.1) is 25.7 Å². The maximum absolute atomic E-state index is 13.3. The van der Waals surface area contributed by atoms with Gasteiger partial charge >= 0.3 is 17.8 Å². The van der Waals surface area contributed by atoms with Crippen LogP contribution in [0.15, 0.2) is 86.0 Å². The Bertz CT molecular complexity index is 3240. The van der Waals surface area contributed by atoms with Crippen LogP contribution in [0.25, 0.3) is 41.8 Å². The van der Waals surface area contributed by atoms with E-state index in [1.54, 1.807) is 59.9 Å². The lowest BCUT2D eigenvalue weighted by molar-refractivity contribution is -0.148. The number of nitrogens with zero attached hydrogens (tertiary/aromatic N) is 9. The number of carboxylic acid groups (broad SMARTS) is 1. The third-order valence-electron chi connectivity index (χ3n) is 12.5. The van der Waals surface area contributed by atoms with Crippen molar-refractivity contribution in [2.75, 3.05) is 29.9 Å². The predicted molar refractivity (Wildman–Crippen MR) is 277 cm³/mol. The van der Waals surface area contributed by atoms with Crippen LogP contribution in [-0.4, -0.2) is 85.7 Å². The van der Waals surface area contributed by atoms with Gasteiger partial charge in [-0.2, -0.15) is 0 Å². The molecule has 4 atom stereocenters. The summed E-state index contributed by atoms with van der Waals surface area (Å²) < 4.78 is 6.14. The summed E-state index contributed by atoms with van der Waals surface area (Å²) in [4.78, 5) is 75.2. The lowest BCUT2D eigenvalue weighted by atomic mass is 9.89. The molecular formula is C51H57N13O5S2. The van der Waals surface area contributed by atoms with Crippen LogP contribution in [0.3, 0.4) is 0 Å². The maximum Gasteiger partial charge on any atom is 0.372 e. The molecule has 2 fully saturated rings. The number of carbonyl (C=O) groups excluding carboxylic acids is 3. The van der Waals surface area contributed by atoms with Crippen LogP contribution in [-0.2, 0) is 39.7 Å². The van der Waals surface area contributed by atoms with E-state index in [2.05, 4.69) is 62.6 Å². The van der Waals surface area contributed by atoms with Crippen molar-refractivity contribution in [3.8, 4) is 21.4 Å². The van der Waals surface area contributed by atoms with Gasteiger partial charge in [-0.05, 0) is 116 Å². The van der Waals surface area contributed by atoms with Crippen LogP contribution in [0.5, 0.6) is 0 Å². The molecule has 10 rings (SSSR count). The predicted octanol–water partition coefficient (Wildman–Crippen LogP) is 7.85. The van der Waals surface area contributed by atoms with Crippen LogP contribution in [0.2, 0.25) is 0 Å². The van der Waals surface area contributed by atoms with E-state index in [0.29, 0.717) is 41.4 Å². The van der Waals surface area contributed by atoms with Gasteiger partial charge in [-0.15, -0.1) is 22.7 Å². The second-order valence-electron chi connectivity index (χ2n) is 18.5. The first kappa shape index (κ1) is 50.0. The third kappa shape index (κ3) is 12.1. The Balaban J connectivity index is 0.000000159. The lowest BCUT2D eigenvalue weighted by Gasteiger charge is -2.38. The average Bonchev–Trinajstić information content (AvgIpc) is 4.18. The molecule has 2 aliphatic heterocycles. The van der Waals surface area contributed by atoms with Crippen molar-refractivity contribution < 1.29 is 24.3 Å². The average molecular weight is 996 g/mol. The van der Waals surface area contributed by atoms with Gasteiger partial charge in [0.2, 0.25) is 5.78 Å². The number of aromatic nitrogens is 8. The number of carbonyl (C=O) groups is 4. The lowest BCUT2D eigenvalue weighted by Crippen LogP contribution is -2.46. The number of aliphatic carboxylic acids is 1. The molecule has 7 N–H and O–H groups in total. The van der Waals surface area contributed by atoms with E-state index in [9.17, 15) is 19.2 Å². The molecule has 2 aromatic carbocycles. The van der Waals surface area contributed by atoms with Crippen molar-refractivity contribution >= 4 is 84.0 Å². The zero-order valence-electron chi connectivity index (χ0n) is 40.4. The summed E-state index contributed by atoms with van der Waals surface area (Å²) in [6.45, 7) is 9.59. The summed E-state index contributed by atoms with van der Waals surface area (Å²) in [7, 11) is 3.91. The number of nitrogens with two attached hydrogens (primary N) is 2. The number of piperidine rings is 2. The highest BCUT2D eigenvalue weighted by Crippen LogP contribution is 2.37. The Kier molecular flexibility index (Phi) is 15.3. The van der Waals surface area contributed by atoms with Gasteiger partial charge in [0, 0.05) is 51.7 Å². The number of fused-ring (bicyclic) bond motifs is 2. The first-order valence-corrected chi connectivity index (χ1v) is 24.9. The van der Waals surface area contributed by atoms with E-state index in [-0.39, 0.29) is 12.5 Å². The summed E-state index contributed by atoms with van der Waals surface area (Å²) in [5.41, 5.74) is 19.8. The monoisotopic (exact) mass is 995 g/mol. The molecule has 0 aliphatic carbocycles. The number of benzene rings is 2. The molecule has 2 saturated heterocycles. The Morgan fingerprint density at radius 2 is 1.32 bits per heavy atom. The standard InChI is InChI=1S/C25H27N7O2S.C17H20N4S.C9H10N2O3/c1-14-4-6-20(32(11-14)25(34)23(33)29-17-8-15(2)22(26)27-10-17)16-5-7-21-18(9-16)30-24(35-21)19-12-31(3)13-28-19;1-11-3-5-13(18-8-11)12-4-6-16-14(7-12)20-17(22-16)15-9-21(2)10-19-15;1-5-2-6(4-11-8(5)10)3-7(12)9(13)14/h5,7-10,12-14,20H,4,6,11H2,1-3H3,(H2,26,27)(H,29,33);4,6-7,9-11,13,18H,3,5,8H2,1-2H3;2,4H,3H2,1H3,(H2,10,11)(H,13,14)/t14-,20+;11-,13+;/m00./s1. The van der Waals surface area contributed by atoms with Gasteiger partial charge in [0.05, 0.1) is 51.0 Å². The van der Waals surface area contributed by atoms with E-state index < -0.39 is 23.6 Å². The van der Waals surface area contributed by atoms with Crippen LogP contribution in [0.4, 0.5) is 17.3 Å². The zero-order chi connectivity index (χ0) is 50.5. The quantitative estimate of drug-likeness (QED) is 0.0909. The van der Waals surface area contributed by atoms with E-state index in [0.717, 1.165) is 79.1 Å².